The van der Waals surface area contributed by atoms with Crippen LogP contribution in [0, 0.1) is 23.2 Å². The van der Waals surface area contributed by atoms with E-state index in [-0.39, 0.29) is 0 Å². The fraction of sp³-hybridized carbons (Fsp3) is 0.565. The van der Waals surface area contributed by atoms with E-state index in [0.717, 1.165) is 41.4 Å². The fourth-order valence-corrected chi connectivity index (χ4v) is 7.03. The molecule has 2 aromatic rings. The van der Waals surface area contributed by atoms with Crippen LogP contribution in [0.3, 0.4) is 0 Å². The summed E-state index contributed by atoms with van der Waals surface area (Å²) >= 11 is 12.2. The van der Waals surface area contributed by atoms with Crippen molar-refractivity contribution in [1.29, 1.82) is 0 Å². The highest BCUT2D eigenvalue weighted by atomic mass is 35.5. The number of furan rings is 1. The number of hydrogen-bond donors (Lipinski definition) is 1. The lowest BCUT2D eigenvalue weighted by Crippen LogP contribution is -2.54. The van der Waals surface area contributed by atoms with Gasteiger partial charge >= 0.3 is 0 Å². The van der Waals surface area contributed by atoms with Crippen LogP contribution in [0.5, 0.6) is 0 Å². The molecule has 4 saturated carbocycles. The second kappa shape index (κ2) is 6.83. The molecule has 0 radical (unpaired) electrons. The van der Waals surface area contributed by atoms with Crippen molar-refractivity contribution in [3.8, 4) is 11.3 Å². The topological polar surface area (TPSA) is 25.2 Å². The van der Waals surface area contributed by atoms with Crippen LogP contribution in [0.15, 0.2) is 34.7 Å². The molecule has 4 bridgehead atoms. The van der Waals surface area contributed by atoms with Gasteiger partial charge in [0.25, 0.3) is 0 Å². The Bertz CT molecular complexity index is 787. The van der Waals surface area contributed by atoms with Gasteiger partial charge in [-0.25, -0.2) is 0 Å². The van der Waals surface area contributed by atoms with E-state index in [1.807, 2.05) is 18.2 Å². The van der Waals surface area contributed by atoms with Crippen molar-refractivity contribution in [1.82, 2.24) is 5.32 Å². The summed E-state index contributed by atoms with van der Waals surface area (Å²) in [6, 6.07) is 10.1. The Morgan fingerprint density at radius 2 is 1.59 bits per heavy atom. The second-order valence-electron chi connectivity index (χ2n) is 9.31. The molecular weight excluding hydrogens is 377 g/mol. The first-order chi connectivity index (χ1) is 13.0. The highest BCUT2D eigenvalue weighted by molar-refractivity contribution is 6.35. The Morgan fingerprint density at radius 3 is 2.19 bits per heavy atom. The molecule has 4 aliphatic rings. The molecule has 4 aliphatic carbocycles. The van der Waals surface area contributed by atoms with Crippen LogP contribution >= 0.6 is 23.2 Å². The minimum absolute atomic E-state index is 0.519. The molecule has 1 aromatic carbocycles. The van der Waals surface area contributed by atoms with Crippen molar-refractivity contribution in [3.63, 3.8) is 0 Å². The summed E-state index contributed by atoms with van der Waals surface area (Å²) < 4.78 is 6.07. The largest absolute Gasteiger partial charge is 0.460 e. The van der Waals surface area contributed by atoms with E-state index in [9.17, 15) is 0 Å². The highest BCUT2D eigenvalue weighted by Crippen LogP contribution is 2.61. The molecule has 0 aliphatic heterocycles. The van der Waals surface area contributed by atoms with E-state index < -0.39 is 0 Å². The van der Waals surface area contributed by atoms with Gasteiger partial charge < -0.3 is 9.73 Å². The standard InChI is InChI=1S/C23H27Cl2NO/c1-14(23-10-15-4-16(11-23)6-17(5-15)12-23)26-13-21-2-3-22(27-21)18-7-19(24)9-20(25)8-18/h2-3,7-9,14-17,26H,4-6,10-13H2,1H3/t14-,15?,16?,17?,23?/m1/s1. The molecule has 1 atom stereocenters. The zero-order valence-electron chi connectivity index (χ0n) is 15.8. The van der Waals surface area contributed by atoms with Crippen molar-refractivity contribution in [3.05, 3.63) is 46.1 Å². The van der Waals surface area contributed by atoms with E-state index in [1.54, 1.807) is 6.07 Å². The number of rotatable bonds is 5. The average Bonchev–Trinajstić information content (AvgIpc) is 3.06. The van der Waals surface area contributed by atoms with Gasteiger partial charge in [0.1, 0.15) is 11.5 Å². The quantitative estimate of drug-likeness (QED) is 0.583. The van der Waals surface area contributed by atoms with Gasteiger partial charge in [-0.15, -0.1) is 0 Å². The summed E-state index contributed by atoms with van der Waals surface area (Å²) in [4.78, 5) is 0. The van der Waals surface area contributed by atoms with Gasteiger partial charge in [-0.2, -0.15) is 0 Å². The molecule has 144 valence electrons. The van der Waals surface area contributed by atoms with E-state index in [0.29, 0.717) is 21.5 Å². The molecule has 6 rings (SSSR count). The van der Waals surface area contributed by atoms with Crippen molar-refractivity contribution in [2.45, 2.75) is 58.0 Å². The summed E-state index contributed by atoms with van der Waals surface area (Å²) in [6.45, 7) is 3.17. The smallest absolute Gasteiger partial charge is 0.134 e. The number of benzene rings is 1. The second-order valence-corrected chi connectivity index (χ2v) is 10.2. The molecule has 4 heteroatoms. The van der Waals surface area contributed by atoms with Crippen LogP contribution in [0.25, 0.3) is 11.3 Å². The van der Waals surface area contributed by atoms with Crippen LogP contribution < -0.4 is 5.32 Å². The summed E-state index contributed by atoms with van der Waals surface area (Å²) in [5, 5.41) is 5.06. The van der Waals surface area contributed by atoms with Crippen molar-refractivity contribution >= 4 is 23.2 Å². The lowest BCUT2D eigenvalue weighted by Gasteiger charge is -2.59. The maximum Gasteiger partial charge on any atom is 0.134 e. The molecular formula is C23H27Cl2NO. The maximum absolute atomic E-state index is 6.12. The third-order valence-corrected chi connectivity index (χ3v) is 7.83. The van der Waals surface area contributed by atoms with E-state index in [2.05, 4.69) is 18.3 Å². The monoisotopic (exact) mass is 403 g/mol. The molecule has 0 spiro atoms. The first-order valence-corrected chi connectivity index (χ1v) is 11.0. The zero-order valence-corrected chi connectivity index (χ0v) is 17.3. The predicted octanol–water partition coefficient (Wildman–Crippen LogP) is 6.95. The first kappa shape index (κ1) is 18.1. The normalized spacial score (nSPS) is 32.8. The molecule has 0 amide bonds. The number of hydrogen-bond acceptors (Lipinski definition) is 2. The van der Waals surface area contributed by atoms with Crippen LogP contribution in [-0.2, 0) is 6.54 Å². The van der Waals surface area contributed by atoms with Crippen LogP contribution in [0.1, 0.15) is 51.2 Å². The van der Waals surface area contributed by atoms with Gasteiger partial charge in [0, 0.05) is 21.7 Å². The minimum atomic E-state index is 0.519. The summed E-state index contributed by atoms with van der Waals surface area (Å²) in [5.41, 5.74) is 1.44. The van der Waals surface area contributed by atoms with Gasteiger partial charge in [0.2, 0.25) is 0 Å². The van der Waals surface area contributed by atoms with Crippen LogP contribution in [-0.4, -0.2) is 6.04 Å². The fourth-order valence-electron chi connectivity index (χ4n) is 6.50. The zero-order chi connectivity index (χ0) is 18.6. The average molecular weight is 404 g/mol. The Kier molecular flexibility index (Phi) is 4.57. The number of nitrogens with one attached hydrogen (secondary N) is 1. The molecule has 0 saturated heterocycles. The van der Waals surface area contributed by atoms with Gasteiger partial charge in [-0.3, -0.25) is 0 Å². The first-order valence-electron chi connectivity index (χ1n) is 10.3. The van der Waals surface area contributed by atoms with E-state index in [4.69, 9.17) is 27.6 Å². The molecule has 1 N–H and O–H groups in total. The number of halogens is 2. The molecule has 2 nitrogen and oxygen atoms in total. The maximum atomic E-state index is 6.12. The van der Waals surface area contributed by atoms with E-state index in [1.165, 1.54) is 38.5 Å². The van der Waals surface area contributed by atoms with Gasteiger partial charge in [0.15, 0.2) is 0 Å². The van der Waals surface area contributed by atoms with Gasteiger partial charge in [-0.05, 0) is 98.9 Å². The molecule has 1 aromatic heterocycles. The SMILES string of the molecule is C[C@@H](NCc1ccc(-c2cc(Cl)cc(Cl)c2)o1)C12CC3CC(CC(C3)C1)C2. The summed E-state index contributed by atoms with van der Waals surface area (Å²) in [5.74, 6) is 4.76. The molecule has 1 heterocycles. The van der Waals surface area contributed by atoms with Crippen LogP contribution in [0.4, 0.5) is 0 Å². The summed E-state index contributed by atoms with van der Waals surface area (Å²) in [7, 11) is 0. The van der Waals surface area contributed by atoms with E-state index >= 15 is 0 Å². The molecule has 0 unspecified atom stereocenters. The van der Waals surface area contributed by atoms with Crippen molar-refractivity contribution in [2.24, 2.45) is 23.2 Å². The van der Waals surface area contributed by atoms with Crippen molar-refractivity contribution in [2.75, 3.05) is 0 Å². The third-order valence-electron chi connectivity index (χ3n) is 7.40. The minimum Gasteiger partial charge on any atom is -0.460 e. The third kappa shape index (κ3) is 3.45. The predicted molar refractivity (Wildman–Crippen MR) is 111 cm³/mol. The summed E-state index contributed by atoms with van der Waals surface area (Å²) in [6.07, 6.45) is 8.77. The Balaban J connectivity index is 1.26. The van der Waals surface area contributed by atoms with Crippen molar-refractivity contribution < 1.29 is 4.42 Å². The van der Waals surface area contributed by atoms with Gasteiger partial charge in [0.05, 0.1) is 6.54 Å². The highest BCUT2D eigenvalue weighted by Gasteiger charge is 2.52. The van der Waals surface area contributed by atoms with Gasteiger partial charge in [-0.1, -0.05) is 23.2 Å². The lowest BCUT2D eigenvalue weighted by atomic mass is 9.48. The van der Waals surface area contributed by atoms with Crippen LogP contribution in [0.2, 0.25) is 10.0 Å². The Hall–Kier alpha value is -0.960. The molecule has 27 heavy (non-hydrogen) atoms. The Labute approximate surface area is 171 Å². The molecule has 4 fully saturated rings. The lowest BCUT2D eigenvalue weighted by molar-refractivity contribution is -0.0708. The Morgan fingerprint density at radius 1 is 1.00 bits per heavy atom.